The van der Waals surface area contributed by atoms with Crippen LogP contribution in [0.15, 0.2) is 30.3 Å². The molecule has 134 valence electrons. The number of fused-ring (bicyclic) bond motifs is 1. The van der Waals surface area contributed by atoms with Gasteiger partial charge in [0.2, 0.25) is 11.8 Å². The molecule has 3 rings (SSSR count). The van der Waals surface area contributed by atoms with E-state index in [1.165, 1.54) is 9.91 Å². The van der Waals surface area contributed by atoms with Crippen LogP contribution in [0.1, 0.15) is 19.4 Å². The van der Waals surface area contributed by atoms with Crippen LogP contribution in [0.2, 0.25) is 0 Å². The highest BCUT2D eigenvalue weighted by Crippen LogP contribution is 2.25. The van der Waals surface area contributed by atoms with Gasteiger partial charge in [0.1, 0.15) is 12.2 Å². The molecule has 0 radical (unpaired) electrons. The van der Waals surface area contributed by atoms with Crippen molar-refractivity contribution in [1.29, 1.82) is 0 Å². The zero-order chi connectivity index (χ0) is 18.1. The maximum atomic E-state index is 12.8. The Hall–Kier alpha value is -2.61. The molecule has 8 nitrogen and oxygen atoms in total. The van der Waals surface area contributed by atoms with Gasteiger partial charge in [0.15, 0.2) is 0 Å². The maximum absolute atomic E-state index is 12.8. The van der Waals surface area contributed by atoms with Crippen LogP contribution < -0.4 is 10.6 Å². The Balaban J connectivity index is 1.79. The molecule has 3 unspecified atom stereocenters. The van der Waals surface area contributed by atoms with Crippen LogP contribution in [0.3, 0.4) is 0 Å². The number of carbonyl (C=O) groups excluding carboxylic acids is 3. The Morgan fingerprint density at radius 1 is 1.24 bits per heavy atom. The zero-order valence-corrected chi connectivity index (χ0v) is 14.6. The highest BCUT2D eigenvalue weighted by atomic mass is 16.2. The fourth-order valence-corrected chi connectivity index (χ4v) is 3.39. The number of likely N-dealkylation sites (N-methyl/N-ethyl adjacent to an activating group) is 1. The summed E-state index contributed by atoms with van der Waals surface area (Å²) in [6.07, 6.45) is -0.547. The van der Waals surface area contributed by atoms with Crippen molar-refractivity contribution in [1.82, 2.24) is 25.6 Å². The molecule has 2 saturated heterocycles. The number of hydrazine groups is 1. The molecular weight excluding hydrogens is 322 g/mol. The van der Waals surface area contributed by atoms with E-state index in [0.29, 0.717) is 6.54 Å². The Kier molecular flexibility index (Phi) is 4.63. The van der Waals surface area contributed by atoms with Gasteiger partial charge in [-0.25, -0.2) is 14.8 Å². The van der Waals surface area contributed by atoms with Gasteiger partial charge >= 0.3 is 6.03 Å². The van der Waals surface area contributed by atoms with E-state index in [1.807, 2.05) is 30.3 Å². The van der Waals surface area contributed by atoms with E-state index in [-0.39, 0.29) is 30.4 Å². The fraction of sp³-hybridized carbons (Fsp3) is 0.471. The second-order valence-corrected chi connectivity index (χ2v) is 6.49. The van der Waals surface area contributed by atoms with E-state index >= 15 is 0 Å². The number of hydrogen-bond donors (Lipinski definition) is 2. The predicted octanol–water partition coefficient (Wildman–Crippen LogP) is 0.120. The van der Waals surface area contributed by atoms with Crippen LogP contribution >= 0.6 is 0 Å². The van der Waals surface area contributed by atoms with Crippen molar-refractivity contribution in [3.63, 3.8) is 0 Å². The Bertz CT molecular complexity index is 680. The maximum Gasteiger partial charge on any atom is 0.334 e. The molecule has 8 heteroatoms. The SMILES string of the molecule is CC1NC(=O)C(C)N2C(=O)CN(C)N(C(=O)NCc3ccccc3)C12. The molecule has 1 aromatic carbocycles. The van der Waals surface area contributed by atoms with Crippen molar-refractivity contribution in [3.8, 4) is 0 Å². The summed E-state index contributed by atoms with van der Waals surface area (Å²) in [4.78, 5) is 38.8. The number of rotatable bonds is 2. The smallest absolute Gasteiger partial charge is 0.334 e. The Morgan fingerprint density at radius 2 is 1.92 bits per heavy atom. The number of urea groups is 1. The van der Waals surface area contributed by atoms with Gasteiger partial charge in [-0.15, -0.1) is 0 Å². The van der Waals surface area contributed by atoms with Gasteiger partial charge in [-0.2, -0.15) is 0 Å². The molecule has 0 saturated carbocycles. The van der Waals surface area contributed by atoms with E-state index in [4.69, 9.17) is 0 Å². The molecule has 4 amide bonds. The predicted molar refractivity (Wildman–Crippen MR) is 90.8 cm³/mol. The van der Waals surface area contributed by atoms with Crippen LogP contribution in [0, 0.1) is 0 Å². The minimum atomic E-state index is -0.605. The van der Waals surface area contributed by atoms with Crippen LogP contribution in [0.4, 0.5) is 4.79 Å². The van der Waals surface area contributed by atoms with E-state index in [1.54, 1.807) is 25.9 Å². The van der Waals surface area contributed by atoms with E-state index in [2.05, 4.69) is 10.6 Å². The first-order valence-corrected chi connectivity index (χ1v) is 8.33. The van der Waals surface area contributed by atoms with Crippen molar-refractivity contribution in [2.24, 2.45) is 0 Å². The fourth-order valence-electron chi connectivity index (χ4n) is 3.39. The van der Waals surface area contributed by atoms with Gasteiger partial charge in [0.25, 0.3) is 0 Å². The number of nitrogens with zero attached hydrogens (tertiary/aromatic N) is 3. The molecule has 2 aliphatic heterocycles. The van der Waals surface area contributed by atoms with Gasteiger partial charge < -0.3 is 15.5 Å². The third kappa shape index (κ3) is 3.17. The summed E-state index contributed by atoms with van der Waals surface area (Å²) in [5.41, 5.74) is 0.988. The van der Waals surface area contributed by atoms with Crippen molar-refractivity contribution < 1.29 is 14.4 Å². The van der Waals surface area contributed by atoms with Gasteiger partial charge in [-0.1, -0.05) is 30.3 Å². The Labute approximate surface area is 146 Å². The summed E-state index contributed by atoms with van der Waals surface area (Å²) in [5, 5.41) is 8.86. The molecule has 1 aromatic rings. The molecule has 0 spiro atoms. The quantitative estimate of drug-likeness (QED) is 0.797. The lowest BCUT2D eigenvalue weighted by atomic mass is 10.0. The van der Waals surface area contributed by atoms with E-state index in [9.17, 15) is 14.4 Å². The zero-order valence-electron chi connectivity index (χ0n) is 14.6. The Morgan fingerprint density at radius 3 is 2.60 bits per heavy atom. The summed E-state index contributed by atoms with van der Waals surface area (Å²) < 4.78 is 0. The van der Waals surface area contributed by atoms with Crippen molar-refractivity contribution >= 4 is 17.8 Å². The summed E-state index contributed by atoms with van der Waals surface area (Å²) in [6.45, 7) is 3.92. The highest BCUT2D eigenvalue weighted by Gasteiger charge is 2.49. The van der Waals surface area contributed by atoms with Crippen LogP contribution in [-0.2, 0) is 16.1 Å². The number of nitrogens with one attached hydrogen (secondary N) is 2. The molecule has 0 bridgehead atoms. The lowest BCUT2D eigenvalue weighted by Gasteiger charge is -2.53. The van der Waals surface area contributed by atoms with E-state index < -0.39 is 12.2 Å². The lowest BCUT2D eigenvalue weighted by molar-refractivity contribution is -0.181. The molecule has 2 N–H and O–H groups in total. The monoisotopic (exact) mass is 345 g/mol. The first-order chi connectivity index (χ1) is 11.9. The van der Waals surface area contributed by atoms with E-state index in [0.717, 1.165) is 5.56 Å². The molecule has 0 aromatic heterocycles. The topological polar surface area (TPSA) is 85.0 Å². The summed E-state index contributed by atoms with van der Waals surface area (Å²) >= 11 is 0. The van der Waals surface area contributed by atoms with Crippen LogP contribution in [0.25, 0.3) is 0 Å². The van der Waals surface area contributed by atoms with Crippen molar-refractivity contribution in [3.05, 3.63) is 35.9 Å². The second-order valence-electron chi connectivity index (χ2n) is 6.49. The summed E-state index contributed by atoms with van der Waals surface area (Å²) in [7, 11) is 1.70. The van der Waals surface area contributed by atoms with Gasteiger partial charge in [-0.3, -0.25) is 9.59 Å². The first kappa shape index (κ1) is 17.2. The van der Waals surface area contributed by atoms with Crippen molar-refractivity contribution in [2.75, 3.05) is 13.6 Å². The first-order valence-electron chi connectivity index (χ1n) is 8.33. The highest BCUT2D eigenvalue weighted by molar-refractivity contribution is 5.91. The number of benzene rings is 1. The van der Waals surface area contributed by atoms with Crippen molar-refractivity contribution in [2.45, 2.75) is 38.6 Å². The molecular formula is C17H23N5O3. The second kappa shape index (κ2) is 6.72. The standard InChI is InChI=1S/C17H23N5O3/c1-11-16-21(12(2)15(24)19-11)14(23)10-20(3)22(16)17(25)18-9-13-7-5-4-6-8-13/h4-8,11-12,16H,9-10H2,1-3H3,(H,18,25)(H,19,24). The number of amides is 4. The summed E-state index contributed by atoms with van der Waals surface area (Å²) in [5.74, 6) is -0.361. The molecule has 3 atom stereocenters. The third-order valence-corrected chi connectivity index (χ3v) is 4.66. The average molecular weight is 345 g/mol. The molecule has 25 heavy (non-hydrogen) atoms. The number of carbonyl (C=O) groups is 3. The van der Waals surface area contributed by atoms with Crippen LogP contribution in [0.5, 0.6) is 0 Å². The lowest BCUT2D eigenvalue weighted by Crippen LogP contribution is -2.77. The largest absolute Gasteiger partial charge is 0.348 e. The average Bonchev–Trinajstić information content (AvgIpc) is 2.58. The third-order valence-electron chi connectivity index (χ3n) is 4.66. The van der Waals surface area contributed by atoms with Crippen LogP contribution in [-0.4, -0.2) is 64.6 Å². The number of piperazine rings is 1. The van der Waals surface area contributed by atoms with Gasteiger partial charge in [-0.05, 0) is 19.4 Å². The number of hydrogen-bond acceptors (Lipinski definition) is 4. The molecule has 2 fully saturated rings. The minimum absolute atomic E-state index is 0.0552. The molecule has 2 aliphatic rings. The summed E-state index contributed by atoms with van der Waals surface area (Å²) in [6, 6.07) is 8.34. The minimum Gasteiger partial charge on any atom is -0.348 e. The van der Waals surface area contributed by atoms with Gasteiger partial charge in [0.05, 0.1) is 12.6 Å². The molecule has 2 heterocycles. The normalized spacial score (nSPS) is 26.9. The van der Waals surface area contributed by atoms with Gasteiger partial charge in [0, 0.05) is 13.6 Å². The molecule has 0 aliphatic carbocycles.